The molecule has 3 heterocycles. The van der Waals surface area contributed by atoms with Crippen molar-refractivity contribution in [1.29, 1.82) is 0 Å². The topological polar surface area (TPSA) is 102 Å². The van der Waals surface area contributed by atoms with E-state index in [0.29, 0.717) is 5.69 Å². The highest BCUT2D eigenvalue weighted by Crippen LogP contribution is 2.35. The number of nitrogens with one attached hydrogen (secondary N) is 1. The molecular formula is C20H21F2N7O. The van der Waals surface area contributed by atoms with E-state index >= 15 is 0 Å². The van der Waals surface area contributed by atoms with E-state index in [1.54, 1.807) is 12.4 Å². The van der Waals surface area contributed by atoms with Crippen LogP contribution in [0.2, 0.25) is 0 Å². The van der Waals surface area contributed by atoms with Crippen molar-refractivity contribution < 1.29 is 13.6 Å². The summed E-state index contributed by atoms with van der Waals surface area (Å²) >= 11 is 0. The van der Waals surface area contributed by atoms with Crippen LogP contribution in [0.3, 0.4) is 0 Å². The molecule has 0 saturated carbocycles. The van der Waals surface area contributed by atoms with Gasteiger partial charge < -0.3 is 16.0 Å². The molecule has 1 aromatic carbocycles. The maximum absolute atomic E-state index is 14.4. The molecule has 1 amide bonds. The van der Waals surface area contributed by atoms with Crippen LogP contribution in [0.15, 0.2) is 36.8 Å². The summed E-state index contributed by atoms with van der Waals surface area (Å²) in [6.45, 7) is 1.95. The summed E-state index contributed by atoms with van der Waals surface area (Å²) in [6, 6.07) is 3.78. The Morgan fingerprint density at radius 2 is 1.90 bits per heavy atom. The number of nitrogens with two attached hydrogens (primary N) is 1. The number of likely N-dealkylation sites (tertiary alicyclic amines) is 1. The first-order valence-corrected chi connectivity index (χ1v) is 9.53. The molecule has 0 unspecified atom stereocenters. The first-order valence-electron chi connectivity index (χ1n) is 9.53. The van der Waals surface area contributed by atoms with Gasteiger partial charge in [0, 0.05) is 11.8 Å². The molecule has 4 rings (SSSR count). The first kappa shape index (κ1) is 19.9. The molecule has 0 aliphatic carbocycles. The summed E-state index contributed by atoms with van der Waals surface area (Å²) in [5.41, 5.74) is 5.55. The quantitative estimate of drug-likeness (QED) is 0.667. The summed E-state index contributed by atoms with van der Waals surface area (Å²) in [7, 11) is 2.08. The first-order chi connectivity index (χ1) is 14.4. The van der Waals surface area contributed by atoms with E-state index in [2.05, 4.69) is 32.6 Å². The van der Waals surface area contributed by atoms with Gasteiger partial charge in [0.05, 0.1) is 35.4 Å². The highest BCUT2D eigenvalue weighted by atomic mass is 19.1. The van der Waals surface area contributed by atoms with Crippen LogP contribution in [-0.2, 0) is 0 Å². The Morgan fingerprint density at radius 1 is 1.20 bits per heavy atom. The zero-order chi connectivity index (χ0) is 21.3. The standard InChI is InChI=1S/C20H21F2N7O/c1-28-7-5-13(6-8-28)29-11-12(9-25-29)26-18-14(10-24-27-19(18)20(23)30)17-15(21)3-2-4-16(17)22/h2-4,9-11,13H,5-8H2,1H3,(H2,23,30)(H,24,26). The second-order valence-electron chi connectivity index (χ2n) is 7.31. The Morgan fingerprint density at radius 3 is 2.57 bits per heavy atom. The van der Waals surface area contributed by atoms with Crippen LogP contribution in [0.1, 0.15) is 29.4 Å². The van der Waals surface area contributed by atoms with E-state index in [1.165, 1.54) is 12.3 Å². The summed E-state index contributed by atoms with van der Waals surface area (Å²) < 4.78 is 30.7. The fourth-order valence-corrected chi connectivity index (χ4v) is 3.64. The smallest absolute Gasteiger partial charge is 0.271 e. The number of primary amides is 1. The van der Waals surface area contributed by atoms with Crippen LogP contribution in [0.4, 0.5) is 20.2 Å². The Kier molecular flexibility index (Phi) is 5.40. The van der Waals surface area contributed by atoms with Gasteiger partial charge >= 0.3 is 0 Å². The Bertz CT molecular complexity index is 1060. The van der Waals surface area contributed by atoms with Crippen molar-refractivity contribution in [3.05, 3.63) is 54.1 Å². The SMILES string of the molecule is CN1CCC(n2cc(Nc3c(-c4c(F)cccc4F)cnnc3C(N)=O)cn2)CC1. The third-order valence-electron chi connectivity index (χ3n) is 5.25. The average molecular weight is 413 g/mol. The molecule has 0 atom stereocenters. The largest absolute Gasteiger partial charge is 0.364 e. The van der Waals surface area contributed by atoms with Crippen molar-refractivity contribution in [3.8, 4) is 11.1 Å². The molecule has 30 heavy (non-hydrogen) atoms. The summed E-state index contributed by atoms with van der Waals surface area (Å²) in [6.07, 6.45) is 6.50. The van der Waals surface area contributed by atoms with Gasteiger partial charge in [-0.1, -0.05) is 6.07 Å². The normalized spacial score (nSPS) is 15.3. The lowest BCUT2D eigenvalue weighted by molar-refractivity contribution is 0.0995. The van der Waals surface area contributed by atoms with Gasteiger partial charge in [-0.2, -0.15) is 10.2 Å². The monoisotopic (exact) mass is 413 g/mol. The number of nitrogens with zero attached hydrogens (tertiary/aromatic N) is 5. The van der Waals surface area contributed by atoms with Crippen LogP contribution >= 0.6 is 0 Å². The third kappa shape index (κ3) is 3.86. The molecule has 3 aromatic rings. The molecule has 10 heteroatoms. The van der Waals surface area contributed by atoms with Gasteiger partial charge in [-0.05, 0) is 45.1 Å². The van der Waals surface area contributed by atoms with E-state index < -0.39 is 17.5 Å². The Hall–Kier alpha value is -3.40. The lowest BCUT2D eigenvalue weighted by Gasteiger charge is -2.28. The predicted molar refractivity (Wildman–Crippen MR) is 107 cm³/mol. The van der Waals surface area contributed by atoms with Crippen molar-refractivity contribution in [2.24, 2.45) is 5.73 Å². The molecule has 0 spiro atoms. The van der Waals surface area contributed by atoms with Gasteiger partial charge in [0.1, 0.15) is 11.6 Å². The summed E-state index contributed by atoms with van der Waals surface area (Å²) in [5, 5.41) is 14.9. The number of halogens is 2. The van der Waals surface area contributed by atoms with Crippen molar-refractivity contribution in [2.45, 2.75) is 18.9 Å². The molecular weight excluding hydrogens is 392 g/mol. The van der Waals surface area contributed by atoms with Crippen molar-refractivity contribution in [2.75, 3.05) is 25.5 Å². The molecule has 1 aliphatic rings. The van der Waals surface area contributed by atoms with E-state index in [-0.39, 0.29) is 28.6 Å². The van der Waals surface area contributed by atoms with Crippen LogP contribution in [0.25, 0.3) is 11.1 Å². The van der Waals surface area contributed by atoms with E-state index in [4.69, 9.17) is 5.73 Å². The van der Waals surface area contributed by atoms with Gasteiger partial charge in [0.15, 0.2) is 5.69 Å². The average Bonchev–Trinajstić information content (AvgIpc) is 3.18. The minimum Gasteiger partial charge on any atom is -0.364 e. The fourth-order valence-electron chi connectivity index (χ4n) is 3.64. The number of hydrogen-bond donors (Lipinski definition) is 2. The summed E-state index contributed by atoms with van der Waals surface area (Å²) in [5.74, 6) is -2.45. The lowest BCUT2D eigenvalue weighted by atomic mass is 10.0. The van der Waals surface area contributed by atoms with Crippen LogP contribution in [0.5, 0.6) is 0 Å². The molecule has 156 valence electrons. The molecule has 1 saturated heterocycles. The number of amides is 1. The van der Waals surface area contributed by atoms with Crippen molar-refractivity contribution in [3.63, 3.8) is 0 Å². The molecule has 1 fully saturated rings. The van der Waals surface area contributed by atoms with Gasteiger partial charge in [-0.15, -0.1) is 5.10 Å². The summed E-state index contributed by atoms with van der Waals surface area (Å²) in [4.78, 5) is 14.2. The van der Waals surface area contributed by atoms with Crippen LogP contribution < -0.4 is 11.1 Å². The number of rotatable bonds is 5. The van der Waals surface area contributed by atoms with Gasteiger partial charge in [0.25, 0.3) is 5.91 Å². The molecule has 0 bridgehead atoms. The molecule has 8 nitrogen and oxygen atoms in total. The molecule has 3 N–H and O–H groups in total. The van der Waals surface area contributed by atoms with Gasteiger partial charge in [-0.25, -0.2) is 8.78 Å². The molecule has 0 radical (unpaired) electrons. The minimum absolute atomic E-state index is 0.0430. The van der Waals surface area contributed by atoms with Crippen molar-refractivity contribution >= 4 is 17.3 Å². The maximum Gasteiger partial charge on any atom is 0.271 e. The number of carbonyl (C=O) groups is 1. The number of hydrogen-bond acceptors (Lipinski definition) is 6. The zero-order valence-electron chi connectivity index (χ0n) is 16.3. The van der Waals surface area contributed by atoms with Gasteiger partial charge in [-0.3, -0.25) is 9.48 Å². The number of piperidine rings is 1. The van der Waals surface area contributed by atoms with E-state index in [1.807, 2.05) is 4.68 Å². The Balaban J connectivity index is 1.71. The molecule has 1 aliphatic heterocycles. The number of carbonyl (C=O) groups excluding carboxylic acids is 1. The second kappa shape index (κ2) is 8.15. The Labute approximate surface area is 171 Å². The van der Waals surface area contributed by atoms with E-state index in [0.717, 1.165) is 38.1 Å². The van der Waals surface area contributed by atoms with Crippen LogP contribution in [-0.4, -0.2) is 50.9 Å². The fraction of sp³-hybridized carbons (Fsp3) is 0.300. The highest BCUT2D eigenvalue weighted by molar-refractivity contribution is 6.01. The number of aromatic nitrogens is 4. The zero-order valence-corrected chi connectivity index (χ0v) is 16.3. The molecule has 2 aromatic heterocycles. The second-order valence-corrected chi connectivity index (χ2v) is 7.31. The van der Waals surface area contributed by atoms with Crippen LogP contribution in [0, 0.1) is 11.6 Å². The predicted octanol–water partition coefficient (Wildman–Crippen LogP) is 2.73. The minimum atomic E-state index is -0.869. The number of anilines is 2. The van der Waals surface area contributed by atoms with Crippen molar-refractivity contribution in [1.82, 2.24) is 24.9 Å². The third-order valence-corrected chi connectivity index (χ3v) is 5.25. The maximum atomic E-state index is 14.4. The lowest BCUT2D eigenvalue weighted by Crippen LogP contribution is -2.31. The number of benzene rings is 1. The van der Waals surface area contributed by atoms with Gasteiger partial charge in [0.2, 0.25) is 0 Å². The highest BCUT2D eigenvalue weighted by Gasteiger charge is 2.23. The van der Waals surface area contributed by atoms with E-state index in [9.17, 15) is 13.6 Å².